The van der Waals surface area contributed by atoms with Gasteiger partial charge in [0.05, 0.1) is 19.3 Å². The fourth-order valence-electron chi connectivity index (χ4n) is 3.62. The summed E-state index contributed by atoms with van der Waals surface area (Å²) < 4.78 is 22.0. The molecule has 2 aromatic carbocycles. The molecule has 10 nitrogen and oxygen atoms in total. The lowest BCUT2D eigenvalue weighted by Gasteiger charge is -2.42. The van der Waals surface area contributed by atoms with Gasteiger partial charge in [-0.05, 0) is 12.1 Å². The van der Waals surface area contributed by atoms with Gasteiger partial charge < -0.3 is 39.6 Å². The van der Waals surface area contributed by atoms with Crippen LogP contribution in [0.5, 0.6) is 11.5 Å². The Balaban J connectivity index is 1.76. The molecule has 1 unspecified atom stereocenters. The standard InChI is InChI=1S/C24H29NO9/c1-14(27)32-18-9-5-3-7-16(18)11-25-21-23(30)22(29)20(12-26)34-24(21)31-13-17-8-4-6-10-19(17)33-15(2)28/h3-10,20-26,29-30H,11-13H2,1-2H3/t20-,21-,22+,23-,24?/m1/s1. The molecule has 184 valence electrons. The van der Waals surface area contributed by atoms with E-state index in [0.717, 1.165) is 0 Å². The Morgan fingerprint density at radius 3 is 2.06 bits per heavy atom. The maximum absolute atomic E-state index is 11.4. The van der Waals surface area contributed by atoms with E-state index < -0.39 is 49.2 Å². The number of aliphatic hydroxyl groups excluding tert-OH is 3. The normalized spacial score (nSPS) is 24.4. The summed E-state index contributed by atoms with van der Waals surface area (Å²) in [5.41, 5.74) is 1.21. The quantitative estimate of drug-likeness (QED) is 0.301. The molecule has 4 N–H and O–H groups in total. The summed E-state index contributed by atoms with van der Waals surface area (Å²) in [7, 11) is 0. The summed E-state index contributed by atoms with van der Waals surface area (Å²) in [5, 5.41) is 33.8. The van der Waals surface area contributed by atoms with Crippen LogP contribution in [0.1, 0.15) is 25.0 Å². The maximum Gasteiger partial charge on any atom is 0.308 e. The van der Waals surface area contributed by atoms with Crippen LogP contribution in [-0.4, -0.2) is 64.5 Å². The number of aliphatic hydroxyl groups is 3. The molecule has 0 aromatic heterocycles. The van der Waals surface area contributed by atoms with Gasteiger partial charge in [0.2, 0.25) is 0 Å². The van der Waals surface area contributed by atoms with E-state index in [9.17, 15) is 24.9 Å². The molecule has 0 radical (unpaired) electrons. The number of benzene rings is 2. The molecular formula is C24H29NO9. The zero-order valence-electron chi connectivity index (χ0n) is 18.9. The Morgan fingerprint density at radius 2 is 1.47 bits per heavy atom. The van der Waals surface area contributed by atoms with Gasteiger partial charge in [-0.1, -0.05) is 36.4 Å². The summed E-state index contributed by atoms with van der Waals surface area (Å²) in [4.78, 5) is 22.8. The SMILES string of the molecule is CC(=O)Oc1ccccc1CN[C@H]1C(OCc2ccccc2OC(C)=O)O[C@H](CO)[C@H](O)[C@@H]1O. The molecule has 0 aliphatic carbocycles. The van der Waals surface area contributed by atoms with E-state index in [4.69, 9.17) is 18.9 Å². The zero-order valence-corrected chi connectivity index (χ0v) is 18.9. The van der Waals surface area contributed by atoms with E-state index in [1.54, 1.807) is 48.5 Å². The van der Waals surface area contributed by atoms with E-state index in [2.05, 4.69) is 5.32 Å². The highest BCUT2D eigenvalue weighted by molar-refractivity contribution is 5.70. The second-order valence-corrected chi connectivity index (χ2v) is 7.83. The topological polar surface area (TPSA) is 144 Å². The monoisotopic (exact) mass is 475 g/mol. The van der Waals surface area contributed by atoms with Gasteiger partial charge in [-0.25, -0.2) is 0 Å². The van der Waals surface area contributed by atoms with Gasteiger partial charge in [-0.2, -0.15) is 0 Å². The molecule has 5 atom stereocenters. The number of carbonyl (C=O) groups is 2. The molecule has 10 heteroatoms. The van der Waals surface area contributed by atoms with E-state index >= 15 is 0 Å². The van der Waals surface area contributed by atoms with Gasteiger partial charge >= 0.3 is 11.9 Å². The Hall–Kier alpha value is -2.86. The molecule has 0 saturated carbocycles. The Bertz CT molecular complexity index is 982. The van der Waals surface area contributed by atoms with Gasteiger partial charge in [0.1, 0.15) is 29.8 Å². The average Bonchev–Trinajstić information content (AvgIpc) is 2.80. The maximum atomic E-state index is 11.4. The molecule has 1 saturated heterocycles. The third-order valence-electron chi connectivity index (χ3n) is 5.26. The lowest BCUT2D eigenvalue weighted by molar-refractivity contribution is -0.274. The minimum absolute atomic E-state index is 0.0305. The lowest BCUT2D eigenvalue weighted by Crippen LogP contribution is -2.63. The highest BCUT2D eigenvalue weighted by Gasteiger charge is 2.44. The van der Waals surface area contributed by atoms with Crippen molar-refractivity contribution in [2.24, 2.45) is 0 Å². The van der Waals surface area contributed by atoms with Gasteiger partial charge in [0.25, 0.3) is 0 Å². The first kappa shape index (κ1) is 25.8. The fourth-order valence-corrected chi connectivity index (χ4v) is 3.62. The summed E-state index contributed by atoms with van der Waals surface area (Å²) >= 11 is 0. The first-order chi connectivity index (χ1) is 16.3. The molecular weight excluding hydrogens is 446 g/mol. The summed E-state index contributed by atoms with van der Waals surface area (Å²) in [6, 6.07) is 12.8. The van der Waals surface area contributed by atoms with Crippen molar-refractivity contribution in [3.8, 4) is 11.5 Å². The molecule has 1 aliphatic heterocycles. The molecule has 0 bridgehead atoms. The van der Waals surface area contributed by atoms with Crippen molar-refractivity contribution >= 4 is 11.9 Å². The molecule has 1 aliphatic rings. The predicted octanol–water partition coefficient (Wildman–Crippen LogP) is 0.651. The first-order valence-electron chi connectivity index (χ1n) is 10.8. The molecule has 0 amide bonds. The smallest absolute Gasteiger partial charge is 0.308 e. The number of nitrogens with one attached hydrogen (secondary N) is 1. The third-order valence-corrected chi connectivity index (χ3v) is 5.26. The lowest BCUT2D eigenvalue weighted by atomic mass is 9.96. The van der Waals surface area contributed by atoms with Crippen LogP contribution in [0.25, 0.3) is 0 Å². The van der Waals surface area contributed by atoms with Crippen molar-refractivity contribution in [3.63, 3.8) is 0 Å². The molecule has 34 heavy (non-hydrogen) atoms. The number of ether oxygens (including phenoxy) is 4. The largest absolute Gasteiger partial charge is 0.426 e. The molecule has 3 rings (SSSR count). The van der Waals surface area contributed by atoms with E-state index in [1.807, 2.05) is 0 Å². The van der Waals surface area contributed by atoms with Crippen molar-refractivity contribution in [1.29, 1.82) is 0 Å². The minimum Gasteiger partial charge on any atom is -0.426 e. The predicted molar refractivity (Wildman–Crippen MR) is 119 cm³/mol. The number of esters is 2. The first-order valence-corrected chi connectivity index (χ1v) is 10.8. The fraction of sp³-hybridized carbons (Fsp3) is 0.417. The summed E-state index contributed by atoms with van der Waals surface area (Å²) in [6.45, 7) is 2.20. The van der Waals surface area contributed by atoms with Gasteiger partial charge in [0, 0.05) is 31.5 Å². The van der Waals surface area contributed by atoms with Crippen molar-refractivity contribution in [2.45, 2.75) is 57.6 Å². The second kappa shape index (κ2) is 12.0. The van der Waals surface area contributed by atoms with Crippen molar-refractivity contribution in [2.75, 3.05) is 6.61 Å². The van der Waals surface area contributed by atoms with Crippen molar-refractivity contribution in [1.82, 2.24) is 5.32 Å². The van der Waals surface area contributed by atoms with Gasteiger partial charge in [-0.3, -0.25) is 9.59 Å². The van der Waals surface area contributed by atoms with Gasteiger partial charge in [-0.15, -0.1) is 0 Å². The van der Waals surface area contributed by atoms with E-state index in [0.29, 0.717) is 22.6 Å². The summed E-state index contributed by atoms with van der Waals surface area (Å²) in [5.74, 6) is -0.270. The molecule has 1 fully saturated rings. The number of para-hydroxylation sites is 2. The van der Waals surface area contributed by atoms with Crippen molar-refractivity contribution < 1.29 is 43.9 Å². The third kappa shape index (κ3) is 6.60. The van der Waals surface area contributed by atoms with Gasteiger partial charge in [0.15, 0.2) is 6.29 Å². The average molecular weight is 475 g/mol. The summed E-state index contributed by atoms with van der Waals surface area (Å²) in [6.07, 6.45) is -4.82. The van der Waals surface area contributed by atoms with Crippen LogP contribution in [0, 0.1) is 0 Å². The van der Waals surface area contributed by atoms with E-state index in [-0.39, 0.29) is 13.2 Å². The number of rotatable bonds is 9. The Kier molecular flexibility index (Phi) is 9.11. The van der Waals surface area contributed by atoms with Crippen LogP contribution in [0.2, 0.25) is 0 Å². The highest BCUT2D eigenvalue weighted by Crippen LogP contribution is 2.26. The van der Waals surface area contributed by atoms with Crippen molar-refractivity contribution in [3.05, 3.63) is 59.7 Å². The molecule has 0 spiro atoms. The zero-order chi connectivity index (χ0) is 24.7. The molecule has 2 aromatic rings. The minimum atomic E-state index is -1.36. The Morgan fingerprint density at radius 1 is 0.912 bits per heavy atom. The number of hydrogen-bond acceptors (Lipinski definition) is 10. The molecule has 1 heterocycles. The van der Waals surface area contributed by atoms with E-state index in [1.165, 1.54) is 13.8 Å². The number of hydrogen-bond donors (Lipinski definition) is 4. The second-order valence-electron chi connectivity index (χ2n) is 7.83. The van der Waals surface area contributed by atoms with Crippen LogP contribution >= 0.6 is 0 Å². The number of carbonyl (C=O) groups excluding carboxylic acids is 2. The van der Waals surface area contributed by atoms with Crippen LogP contribution in [0.15, 0.2) is 48.5 Å². The van der Waals surface area contributed by atoms with Crippen LogP contribution in [-0.2, 0) is 32.2 Å². The van der Waals surface area contributed by atoms with Crippen LogP contribution in [0.3, 0.4) is 0 Å². The van der Waals surface area contributed by atoms with Crippen LogP contribution < -0.4 is 14.8 Å². The highest BCUT2D eigenvalue weighted by atomic mass is 16.7. The Labute approximate surface area is 197 Å². The van der Waals surface area contributed by atoms with Crippen LogP contribution in [0.4, 0.5) is 0 Å².